The van der Waals surface area contributed by atoms with Crippen LogP contribution in [-0.4, -0.2) is 25.8 Å². The fraction of sp³-hybridized carbons (Fsp3) is 0.231. The van der Waals surface area contributed by atoms with Gasteiger partial charge >= 0.3 is 6.18 Å². The Morgan fingerprint density at radius 2 is 2.23 bits per heavy atom. The van der Waals surface area contributed by atoms with Gasteiger partial charge in [0.25, 0.3) is 5.78 Å². The summed E-state index contributed by atoms with van der Waals surface area (Å²) in [7, 11) is 0. The molecule has 0 unspecified atom stereocenters. The lowest BCUT2D eigenvalue weighted by Crippen LogP contribution is -2.18. The molecule has 0 aliphatic rings. The topological polar surface area (TPSA) is 81.5 Å². The van der Waals surface area contributed by atoms with E-state index in [0.29, 0.717) is 5.70 Å². The summed E-state index contributed by atoms with van der Waals surface area (Å²) in [6, 6.07) is 0. The zero-order valence-electron chi connectivity index (χ0n) is 11.7. The predicted octanol–water partition coefficient (Wildman–Crippen LogP) is 2.43. The van der Waals surface area contributed by atoms with Crippen LogP contribution in [0.3, 0.4) is 0 Å². The highest BCUT2D eigenvalue weighted by molar-refractivity contribution is 5.57. The number of fused-ring (bicyclic) bond motifs is 1. The van der Waals surface area contributed by atoms with E-state index in [-0.39, 0.29) is 23.6 Å². The molecule has 2 rings (SSSR count). The minimum atomic E-state index is -4.66. The average molecular weight is 310 g/mol. The lowest BCUT2D eigenvalue weighted by atomic mass is 10.1. The number of rotatable bonds is 4. The maximum Gasteiger partial charge on any atom is 0.433 e. The maximum absolute atomic E-state index is 13.2. The van der Waals surface area contributed by atoms with E-state index in [4.69, 9.17) is 5.73 Å². The van der Waals surface area contributed by atoms with Gasteiger partial charge in [-0.2, -0.15) is 27.8 Å². The van der Waals surface area contributed by atoms with E-state index in [1.807, 2.05) is 0 Å². The van der Waals surface area contributed by atoms with Crippen LogP contribution in [0, 0.1) is 0 Å². The van der Waals surface area contributed by atoms with Gasteiger partial charge in [0.05, 0.1) is 0 Å². The lowest BCUT2D eigenvalue weighted by Gasteiger charge is -2.14. The Morgan fingerprint density at radius 1 is 1.50 bits per heavy atom. The van der Waals surface area contributed by atoms with E-state index >= 15 is 0 Å². The van der Waals surface area contributed by atoms with Gasteiger partial charge in [0.15, 0.2) is 5.69 Å². The molecule has 0 amide bonds. The fourth-order valence-electron chi connectivity index (χ4n) is 1.94. The van der Waals surface area contributed by atoms with Gasteiger partial charge < -0.3 is 5.73 Å². The SMILES string of the molecule is C=C/C=C(Cc1c(C(F)(F)F)nc2ncnn2c1N)\N=C/C. The highest BCUT2D eigenvalue weighted by atomic mass is 19.4. The first-order chi connectivity index (χ1) is 10.4. The third kappa shape index (κ3) is 2.97. The second-order valence-electron chi connectivity index (χ2n) is 4.25. The van der Waals surface area contributed by atoms with Gasteiger partial charge in [0.1, 0.15) is 12.1 Å². The molecular formula is C13H13F3N6. The summed E-state index contributed by atoms with van der Waals surface area (Å²) in [5.41, 5.74) is 4.89. The van der Waals surface area contributed by atoms with E-state index in [9.17, 15) is 13.2 Å². The zero-order valence-corrected chi connectivity index (χ0v) is 11.7. The van der Waals surface area contributed by atoms with Crippen LogP contribution in [-0.2, 0) is 12.6 Å². The van der Waals surface area contributed by atoms with E-state index < -0.39 is 11.9 Å². The first-order valence-corrected chi connectivity index (χ1v) is 6.24. The van der Waals surface area contributed by atoms with E-state index in [1.54, 1.807) is 6.92 Å². The molecule has 0 atom stereocenters. The summed E-state index contributed by atoms with van der Waals surface area (Å²) in [5, 5.41) is 3.77. The van der Waals surface area contributed by atoms with Crippen LogP contribution in [0.15, 0.2) is 35.7 Å². The molecule has 2 N–H and O–H groups in total. The average Bonchev–Trinajstić information content (AvgIpc) is 2.89. The molecule has 0 aromatic carbocycles. The van der Waals surface area contributed by atoms with E-state index in [0.717, 1.165) is 10.8 Å². The quantitative estimate of drug-likeness (QED) is 0.694. The second kappa shape index (κ2) is 5.96. The standard InChI is InChI=1S/C13H13F3N6/c1-3-5-8(18-4-2)6-9-10(13(14,15)16)21-12-19-7-20-22(12)11(9)17/h3-5,7H,1,6,17H2,2H3/b8-5-,18-4-. The first-order valence-electron chi connectivity index (χ1n) is 6.24. The molecular weight excluding hydrogens is 297 g/mol. The van der Waals surface area contributed by atoms with E-state index in [1.165, 1.54) is 18.4 Å². The minimum absolute atomic E-state index is 0.153. The Balaban J connectivity index is 2.66. The molecule has 22 heavy (non-hydrogen) atoms. The Labute approximate surface area is 123 Å². The molecule has 116 valence electrons. The van der Waals surface area contributed by atoms with Gasteiger partial charge in [0, 0.05) is 23.9 Å². The smallest absolute Gasteiger partial charge is 0.383 e. The number of nitrogens with two attached hydrogens (primary N) is 1. The Morgan fingerprint density at radius 3 is 2.82 bits per heavy atom. The van der Waals surface area contributed by atoms with Gasteiger partial charge in [-0.15, -0.1) is 0 Å². The number of aromatic nitrogens is 4. The van der Waals surface area contributed by atoms with Crippen molar-refractivity contribution in [1.29, 1.82) is 0 Å². The molecule has 6 nitrogen and oxygen atoms in total. The normalized spacial score (nSPS) is 13.2. The van der Waals surface area contributed by atoms with Gasteiger partial charge in [-0.25, -0.2) is 4.98 Å². The van der Waals surface area contributed by atoms with Crippen LogP contribution in [0.25, 0.3) is 5.78 Å². The minimum Gasteiger partial charge on any atom is -0.383 e. The van der Waals surface area contributed by atoms with Crippen molar-refractivity contribution in [2.24, 2.45) is 4.99 Å². The number of hydrogen-bond donors (Lipinski definition) is 1. The Bertz CT molecular complexity index is 757. The lowest BCUT2D eigenvalue weighted by molar-refractivity contribution is -0.141. The summed E-state index contributed by atoms with van der Waals surface area (Å²) >= 11 is 0. The number of anilines is 1. The maximum atomic E-state index is 13.2. The number of halogens is 3. The molecule has 9 heteroatoms. The van der Waals surface area contributed by atoms with Crippen LogP contribution < -0.4 is 5.73 Å². The number of aliphatic imine (C=N–C) groups is 1. The Kier molecular flexibility index (Phi) is 4.25. The van der Waals surface area contributed by atoms with Crippen molar-refractivity contribution in [3.8, 4) is 0 Å². The number of hydrogen-bond acceptors (Lipinski definition) is 5. The number of allylic oxidation sites excluding steroid dienone is 3. The van der Waals surface area contributed by atoms with Crippen molar-refractivity contribution in [1.82, 2.24) is 19.6 Å². The van der Waals surface area contributed by atoms with Crippen LogP contribution >= 0.6 is 0 Å². The summed E-state index contributed by atoms with van der Waals surface area (Å²) in [4.78, 5) is 11.2. The van der Waals surface area contributed by atoms with Gasteiger partial charge in [0.2, 0.25) is 0 Å². The number of nitrogen functional groups attached to an aromatic ring is 1. The van der Waals surface area contributed by atoms with Crippen molar-refractivity contribution >= 4 is 17.8 Å². The zero-order chi connectivity index (χ0) is 16.3. The fourth-order valence-corrected chi connectivity index (χ4v) is 1.94. The molecule has 0 aliphatic heterocycles. The molecule has 0 spiro atoms. The molecule has 2 aromatic rings. The van der Waals surface area contributed by atoms with E-state index in [2.05, 4.69) is 26.6 Å². The van der Waals surface area contributed by atoms with Crippen LogP contribution in [0.2, 0.25) is 0 Å². The summed E-state index contributed by atoms with van der Waals surface area (Å²) in [6.45, 7) is 5.17. The highest BCUT2D eigenvalue weighted by Gasteiger charge is 2.37. The monoisotopic (exact) mass is 310 g/mol. The molecule has 2 aromatic heterocycles. The highest BCUT2D eigenvalue weighted by Crippen LogP contribution is 2.34. The molecule has 0 saturated heterocycles. The number of alkyl halides is 3. The molecule has 0 saturated carbocycles. The Hall–Kier alpha value is -2.71. The van der Waals surface area contributed by atoms with Crippen LogP contribution in [0.4, 0.5) is 19.0 Å². The van der Waals surface area contributed by atoms with Crippen molar-refractivity contribution in [2.45, 2.75) is 19.5 Å². The predicted molar refractivity (Wildman–Crippen MR) is 76.3 cm³/mol. The summed E-state index contributed by atoms with van der Waals surface area (Å²) in [6.07, 6.45) is 0.693. The number of nitrogens with zero attached hydrogens (tertiary/aromatic N) is 5. The van der Waals surface area contributed by atoms with Crippen molar-refractivity contribution in [3.05, 3.63) is 42.0 Å². The molecule has 2 heterocycles. The van der Waals surface area contributed by atoms with Crippen molar-refractivity contribution in [3.63, 3.8) is 0 Å². The van der Waals surface area contributed by atoms with Gasteiger partial charge in [-0.05, 0) is 13.0 Å². The van der Waals surface area contributed by atoms with Gasteiger partial charge in [-0.3, -0.25) is 4.99 Å². The molecule has 0 fully saturated rings. The van der Waals surface area contributed by atoms with Crippen LogP contribution in [0.5, 0.6) is 0 Å². The largest absolute Gasteiger partial charge is 0.433 e. The van der Waals surface area contributed by atoms with Crippen LogP contribution in [0.1, 0.15) is 18.2 Å². The summed E-state index contributed by atoms with van der Waals surface area (Å²) in [5.74, 6) is -0.377. The van der Waals surface area contributed by atoms with Crippen molar-refractivity contribution < 1.29 is 13.2 Å². The second-order valence-corrected chi connectivity index (χ2v) is 4.25. The first kappa shape index (κ1) is 15.7. The third-order valence-corrected chi connectivity index (χ3v) is 2.80. The third-order valence-electron chi connectivity index (χ3n) is 2.80. The molecule has 0 aliphatic carbocycles. The van der Waals surface area contributed by atoms with Crippen molar-refractivity contribution in [2.75, 3.05) is 5.73 Å². The summed E-state index contributed by atoms with van der Waals surface area (Å²) < 4.78 is 40.8. The van der Waals surface area contributed by atoms with Gasteiger partial charge in [-0.1, -0.05) is 12.7 Å². The molecule has 0 bridgehead atoms. The molecule has 0 radical (unpaired) electrons.